The Bertz CT molecular complexity index is 700. The van der Waals surface area contributed by atoms with Crippen LogP contribution in [0.25, 0.3) is 0 Å². The average molecular weight is 322 g/mol. The molecule has 0 unspecified atom stereocenters. The van der Waals surface area contributed by atoms with Gasteiger partial charge in [-0.15, -0.1) is 0 Å². The fraction of sp³-hybridized carbons (Fsp3) is 0.294. The third-order valence-corrected chi connectivity index (χ3v) is 4.06. The summed E-state index contributed by atoms with van der Waals surface area (Å²) in [5.41, 5.74) is 1.07. The summed E-state index contributed by atoms with van der Waals surface area (Å²) in [5.74, 6) is -2.94. The minimum atomic E-state index is -1.42. The predicted molar refractivity (Wildman–Crippen MR) is 83.7 cm³/mol. The quantitative estimate of drug-likeness (QED) is 0.805. The number of methoxy groups -OCH3 is 1. The van der Waals surface area contributed by atoms with Crippen molar-refractivity contribution in [3.05, 3.63) is 53.8 Å². The zero-order chi connectivity index (χ0) is 16.4. The number of piperazine rings is 1. The highest BCUT2D eigenvalue weighted by molar-refractivity contribution is 5.60. The van der Waals surface area contributed by atoms with Gasteiger partial charge in [-0.05, 0) is 24.3 Å². The van der Waals surface area contributed by atoms with Crippen LogP contribution in [-0.2, 0) is 0 Å². The van der Waals surface area contributed by atoms with Crippen LogP contribution in [0.5, 0.6) is 5.75 Å². The third kappa shape index (κ3) is 2.93. The number of benzene rings is 2. The van der Waals surface area contributed by atoms with Crippen molar-refractivity contribution in [2.24, 2.45) is 0 Å². The van der Waals surface area contributed by atoms with E-state index in [1.54, 1.807) is 12.0 Å². The van der Waals surface area contributed by atoms with E-state index in [1.807, 2.05) is 24.3 Å². The first-order valence-electron chi connectivity index (χ1n) is 7.38. The summed E-state index contributed by atoms with van der Waals surface area (Å²) in [5, 5.41) is 0. The van der Waals surface area contributed by atoms with Gasteiger partial charge in [0.2, 0.25) is 0 Å². The Balaban J connectivity index is 1.75. The molecule has 2 aromatic carbocycles. The minimum absolute atomic E-state index is 0.101. The standard InChI is InChI=1S/C17H17F3N2O/c1-23-15-5-3-2-4-13(15)21-8-10-22(11-9-21)14-7-6-12(18)16(19)17(14)20/h2-7H,8-11H2,1H3. The summed E-state index contributed by atoms with van der Waals surface area (Å²) in [7, 11) is 1.62. The number of nitrogens with zero attached hydrogens (tertiary/aromatic N) is 2. The van der Waals surface area contributed by atoms with Crippen molar-refractivity contribution in [3.63, 3.8) is 0 Å². The fourth-order valence-corrected chi connectivity index (χ4v) is 2.84. The maximum absolute atomic E-state index is 13.9. The highest BCUT2D eigenvalue weighted by Crippen LogP contribution is 2.30. The molecule has 1 heterocycles. The van der Waals surface area contributed by atoms with Crippen molar-refractivity contribution in [3.8, 4) is 5.75 Å². The minimum Gasteiger partial charge on any atom is -0.495 e. The van der Waals surface area contributed by atoms with E-state index in [2.05, 4.69) is 4.90 Å². The molecule has 0 spiro atoms. The second kappa shape index (κ2) is 6.40. The molecule has 1 fully saturated rings. The van der Waals surface area contributed by atoms with E-state index in [-0.39, 0.29) is 5.69 Å². The first-order valence-corrected chi connectivity index (χ1v) is 7.38. The molecule has 3 rings (SSSR count). The van der Waals surface area contributed by atoms with Crippen LogP contribution >= 0.6 is 0 Å². The second-order valence-electron chi connectivity index (χ2n) is 5.34. The molecule has 122 valence electrons. The van der Waals surface area contributed by atoms with Crippen molar-refractivity contribution in [2.45, 2.75) is 0 Å². The molecule has 1 saturated heterocycles. The van der Waals surface area contributed by atoms with Crippen molar-refractivity contribution in [1.82, 2.24) is 0 Å². The van der Waals surface area contributed by atoms with Gasteiger partial charge in [-0.1, -0.05) is 12.1 Å². The molecule has 0 atom stereocenters. The SMILES string of the molecule is COc1ccccc1N1CCN(c2ccc(F)c(F)c2F)CC1. The molecule has 2 aromatic rings. The van der Waals surface area contributed by atoms with Gasteiger partial charge < -0.3 is 14.5 Å². The van der Waals surface area contributed by atoms with Crippen LogP contribution in [0.4, 0.5) is 24.5 Å². The summed E-state index contributed by atoms with van der Waals surface area (Å²) in [6.45, 7) is 2.30. The van der Waals surface area contributed by atoms with Gasteiger partial charge in [-0.25, -0.2) is 13.2 Å². The van der Waals surface area contributed by atoms with E-state index in [1.165, 1.54) is 6.07 Å². The van der Waals surface area contributed by atoms with Crippen LogP contribution in [0.2, 0.25) is 0 Å². The summed E-state index contributed by atoms with van der Waals surface area (Å²) >= 11 is 0. The summed E-state index contributed by atoms with van der Waals surface area (Å²) < 4.78 is 45.7. The van der Waals surface area contributed by atoms with Gasteiger partial charge in [0.1, 0.15) is 5.75 Å². The topological polar surface area (TPSA) is 15.7 Å². The van der Waals surface area contributed by atoms with Crippen LogP contribution in [0, 0.1) is 17.5 Å². The molecule has 3 nitrogen and oxygen atoms in total. The van der Waals surface area contributed by atoms with Gasteiger partial charge in [0.15, 0.2) is 17.5 Å². The Morgan fingerprint density at radius 1 is 0.783 bits per heavy atom. The molecule has 1 aliphatic rings. The zero-order valence-corrected chi connectivity index (χ0v) is 12.7. The molecule has 0 bridgehead atoms. The monoisotopic (exact) mass is 322 g/mol. The van der Waals surface area contributed by atoms with Crippen LogP contribution in [0.15, 0.2) is 36.4 Å². The van der Waals surface area contributed by atoms with Crippen molar-refractivity contribution in [2.75, 3.05) is 43.1 Å². The summed E-state index contributed by atoms with van der Waals surface area (Å²) in [6.07, 6.45) is 0. The van der Waals surface area contributed by atoms with Crippen molar-refractivity contribution in [1.29, 1.82) is 0 Å². The smallest absolute Gasteiger partial charge is 0.196 e. The molecular formula is C17H17F3N2O. The largest absolute Gasteiger partial charge is 0.495 e. The molecule has 0 aromatic heterocycles. The maximum Gasteiger partial charge on any atom is 0.196 e. The number of halogens is 3. The Labute approximate surface area is 132 Å². The van der Waals surface area contributed by atoms with E-state index >= 15 is 0 Å². The highest BCUT2D eigenvalue weighted by Gasteiger charge is 2.23. The predicted octanol–water partition coefficient (Wildman–Crippen LogP) is 3.44. The molecule has 23 heavy (non-hydrogen) atoms. The third-order valence-electron chi connectivity index (χ3n) is 4.06. The van der Waals surface area contributed by atoms with Gasteiger partial charge >= 0.3 is 0 Å². The number of para-hydroxylation sites is 2. The summed E-state index contributed by atoms with van der Waals surface area (Å²) in [4.78, 5) is 3.86. The molecular weight excluding hydrogens is 305 g/mol. The lowest BCUT2D eigenvalue weighted by Gasteiger charge is -2.37. The van der Waals surface area contributed by atoms with Crippen LogP contribution in [-0.4, -0.2) is 33.3 Å². The second-order valence-corrected chi connectivity index (χ2v) is 5.34. The van der Waals surface area contributed by atoms with Crippen LogP contribution in [0.3, 0.4) is 0 Å². The first kappa shape index (κ1) is 15.5. The molecule has 6 heteroatoms. The number of hydrogen-bond acceptors (Lipinski definition) is 3. The Kier molecular flexibility index (Phi) is 4.32. The van der Waals surface area contributed by atoms with E-state index in [0.717, 1.165) is 17.5 Å². The van der Waals surface area contributed by atoms with Gasteiger partial charge in [0.05, 0.1) is 18.5 Å². The Morgan fingerprint density at radius 2 is 1.39 bits per heavy atom. The van der Waals surface area contributed by atoms with Crippen molar-refractivity contribution >= 4 is 11.4 Å². The number of anilines is 2. The van der Waals surface area contributed by atoms with E-state index in [9.17, 15) is 13.2 Å². The Hall–Kier alpha value is -2.37. The summed E-state index contributed by atoms with van der Waals surface area (Å²) in [6, 6.07) is 9.92. The molecule has 0 radical (unpaired) electrons. The lowest BCUT2D eigenvalue weighted by atomic mass is 10.2. The van der Waals surface area contributed by atoms with Gasteiger partial charge in [0, 0.05) is 26.2 Å². The highest BCUT2D eigenvalue weighted by atomic mass is 19.2. The molecule has 0 amide bonds. The van der Waals surface area contributed by atoms with Gasteiger partial charge in [-0.3, -0.25) is 0 Å². The molecule has 0 saturated carbocycles. The maximum atomic E-state index is 13.9. The zero-order valence-electron chi connectivity index (χ0n) is 12.7. The van der Waals surface area contributed by atoms with Crippen LogP contribution in [0.1, 0.15) is 0 Å². The lowest BCUT2D eigenvalue weighted by Crippen LogP contribution is -2.47. The number of ether oxygens (including phenoxy) is 1. The van der Waals surface area contributed by atoms with Gasteiger partial charge in [-0.2, -0.15) is 0 Å². The molecule has 0 N–H and O–H groups in total. The average Bonchev–Trinajstić information content (AvgIpc) is 2.60. The molecule has 0 aliphatic carbocycles. The normalized spacial score (nSPS) is 15.0. The molecule has 1 aliphatic heterocycles. The number of rotatable bonds is 3. The Morgan fingerprint density at radius 3 is 2.04 bits per heavy atom. The number of hydrogen-bond donors (Lipinski definition) is 0. The van der Waals surface area contributed by atoms with Crippen molar-refractivity contribution < 1.29 is 17.9 Å². The van der Waals surface area contributed by atoms with E-state index in [0.29, 0.717) is 26.2 Å². The van der Waals surface area contributed by atoms with E-state index < -0.39 is 17.5 Å². The van der Waals surface area contributed by atoms with Gasteiger partial charge in [0.25, 0.3) is 0 Å². The lowest BCUT2D eigenvalue weighted by molar-refractivity contribution is 0.413. The van der Waals surface area contributed by atoms with Crippen LogP contribution < -0.4 is 14.5 Å². The first-order chi connectivity index (χ1) is 11.1. The fourth-order valence-electron chi connectivity index (χ4n) is 2.84. The van der Waals surface area contributed by atoms with E-state index in [4.69, 9.17) is 4.74 Å².